The van der Waals surface area contributed by atoms with Crippen LogP contribution < -0.4 is 5.32 Å². The summed E-state index contributed by atoms with van der Waals surface area (Å²) in [6.07, 6.45) is 2.08. The minimum absolute atomic E-state index is 0.0675. The quantitative estimate of drug-likeness (QED) is 0.458. The number of nitrogens with zero attached hydrogens (tertiary/aromatic N) is 1. The van der Waals surface area contributed by atoms with Crippen molar-refractivity contribution in [3.8, 4) is 0 Å². The highest BCUT2D eigenvalue weighted by atomic mass is 35.5. The third-order valence-corrected chi connectivity index (χ3v) is 7.57. The first-order valence-electron chi connectivity index (χ1n) is 9.92. The van der Waals surface area contributed by atoms with Crippen LogP contribution in [0.3, 0.4) is 0 Å². The van der Waals surface area contributed by atoms with Crippen molar-refractivity contribution in [2.24, 2.45) is 11.8 Å². The van der Waals surface area contributed by atoms with E-state index in [0.717, 1.165) is 25.8 Å². The van der Waals surface area contributed by atoms with E-state index in [1.807, 2.05) is 13.3 Å². The maximum absolute atomic E-state index is 13.0. The number of rotatable bonds is 7. The Morgan fingerprint density at radius 3 is 2.48 bits per heavy atom. The molecule has 158 valence electrons. The predicted octanol–water partition coefficient (Wildman–Crippen LogP) is 1.05. The number of alkyl halides is 1. The van der Waals surface area contributed by atoms with Crippen LogP contribution in [0.2, 0.25) is 0 Å². The molecule has 0 aromatic heterocycles. The highest BCUT2D eigenvalue weighted by Crippen LogP contribution is 2.36. The van der Waals surface area contributed by atoms with Gasteiger partial charge >= 0.3 is 0 Å². The molecule has 2 aliphatic rings. The monoisotopic (exact) mass is 422 g/mol. The van der Waals surface area contributed by atoms with E-state index in [-0.39, 0.29) is 17.2 Å². The molecule has 0 aromatic rings. The number of amides is 1. The summed E-state index contributed by atoms with van der Waals surface area (Å²) >= 11 is 7.85. The Hall–Kier alpha value is -0.0500. The third kappa shape index (κ3) is 5.31. The molecule has 1 aliphatic heterocycles. The molecule has 0 bridgehead atoms. The molecule has 9 unspecified atom stereocenters. The maximum Gasteiger partial charge on any atom is 0.237 e. The summed E-state index contributed by atoms with van der Waals surface area (Å²) in [6.45, 7) is 4.87. The van der Waals surface area contributed by atoms with Gasteiger partial charge in [0.15, 0.2) is 0 Å². The highest BCUT2D eigenvalue weighted by molar-refractivity contribution is 7.99. The number of hydrogen-bond acceptors (Lipinski definition) is 6. The standard InChI is InChI=1S/C19H35ClN2O4S/c1-5-6-11-7-13(22(3)9-11)19(26)21-15(10(2)20)12-8-14(27-4)17(24)18(25)16(12)23/h10-18,23-25H,5-9H2,1-4H3,(H,21,26). The molecular formula is C19H35ClN2O4S. The van der Waals surface area contributed by atoms with Crippen molar-refractivity contribution in [1.29, 1.82) is 0 Å². The van der Waals surface area contributed by atoms with E-state index in [4.69, 9.17) is 11.6 Å². The number of likely N-dealkylation sites (N-methyl/N-ethyl adjacent to an activating group) is 1. The Balaban J connectivity index is 2.09. The first-order valence-corrected chi connectivity index (χ1v) is 11.6. The largest absolute Gasteiger partial charge is 0.390 e. The van der Waals surface area contributed by atoms with Gasteiger partial charge in [-0.05, 0) is 45.4 Å². The summed E-state index contributed by atoms with van der Waals surface area (Å²) in [4.78, 5) is 15.0. The van der Waals surface area contributed by atoms with E-state index < -0.39 is 35.6 Å². The van der Waals surface area contributed by atoms with Gasteiger partial charge < -0.3 is 20.6 Å². The molecule has 2 fully saturated rings. The minimum Gasteiger partial charge on any atom is -0.390 e. The Labute approximate surface area is 172 Å². The van der Waals surface area contributed by atoms with Crippen molar-refractivity contribution < 1.29 is 20.1 Å². The summed E-state index contributed by atoms with van der Waals surface area (Å²) in [5.74, 6) is 0.0540. The molecule has 4 N–H and O–H groups in total. The number of hydrogen-bond donors (Lipinski definition) is 4. The molecular weight excluding hydrogens is 388 g/mol. The third-order valence-electron chi connectivity index (χ3n) is 6.23. The van der Waals surface area contributed by atoms with E-state index in [9.17, 15) is 20.1 Å². The molecule has 1 amide bonds. The van der Waals surface area contributed by atoms with Gasteiger partial charge in [-0.15, -0.1) is 11.6 Å². The lowest BCUT2D eigenvalue weighted by molar-refractivity contribution is -0.130. The van der Waals surface area contributed by atoms with E-state index in [1.54, 1.807) is 6.92 Å². The van der Waals surface area contributed by atoms with Gasteiger partial charge in [-0.2, -0.15) is 11.8 Å². The van der Waals surface area contributed by atoms with Gasteiger partial charge in [0.1, 0.15) is 6.10 Å². The lowest BCUT2D eigenvalue weighted by atomic mass is 9.77. The molecule has 1 saturated carbocycles. The van der Waals surface area contributed by atoms with Crippen molar-refractivity contribution in [2.75, 3.05) is 19.8 Å². The van der Waals surface area contributed by atoms with Crippen molar-refractivity contribution in [1.82, 2.24) is 10.2 Å². The van der Waals surface area contributed by atoms with Crippen LogP contribution >= 0.6 is 23.4 Å². The van der Waals surface area contributed by atoms with Crippen LogP contribution in [-0.4, -0.2) is 87.0 Å². The number of nitrogens with one attached hydrogen (secondary N) is 1. The normalized spacial score (nSPS) is 39.9. The molecule has 1 saturated heterocycles. The number of likely N-dealkylation sites (tertiary alicyclic amines) is 1. The molecule has 1 heterocycles. The Kier molecular flexibility index (Phi) is 8.71. The van der Waals surface area contributed by atoms with Gasteiger partial charge in [-0.3, -0.25) is 9.69 Å². The zero-order valence-electron chi connectivity index (χ0n) is 16.7. The van der Waals surface area contributed by atoms with Crippen molar-refractivity contribution >= 4 is 29.3 Å². The SMILES string of the molecule is CCCC1CC(C(=O)NC(C(C)Cl)C2CC(SC)C(O)C(O)C2O)N(C)C1. The summed E-state index contributed by atoms with van der Waals surface area (Å²) in [6, 6.07) is -0.656. The van der Waals surface area contributed by atoms with Crippen LogP contribution in [0, 0.1) is 11.8 Å². The van der Waals surface area contributed by atoms with Crippen LogP contribution in [-0.2, 0) is 4.79 Å². The number of thioether (sulfide) groups is 1. The second-order valence-corrected chi connectivity index (χ2v) is 9.97. The van der Waals surface area contributed by atoms with Crippen LogP contribution in [0.25, 0.3) is 0 Å². The van der Waals surface area contributed by atoms with Crippen LogP contribution in [0.4, 0.5) is 0 Å². The molecule has 27 heavy (non-hydrogen) atoms. The van der Waals surface area contributed by atoms with Gasteiger partial charge in [-0.1, -0.05) is 13.3 Å². The molecule has 9 atom stereocenters. The fourth-order valence-electron chi connectivity index (χ4n) is 4.67. The molecule has 1 aliphatic carbocycles. The highest BCUT2D eigenvalue weighted by Gasteiger charge is 2.47. The first-order chi connectivity index (χ1) is 12.7. The van der Waals surface area contributed by atoms with E-state index in [0.29, 0.717) is 12.3 Å². The van der Waals surface area contributed by atoms with Gasteiger partial charge in [0.05, 0.1) is 29.7 Å². The average molecular weight is 423 g/mol. The van der Waals surface area contributed by atoms with Crippen LogP contribution in [0.5, 0.6) is 0 Å². The van der Waals surface area contributed by atoms with Crippen molar-refractivity contribution in [2.45, 2.75) is 80.6 Å². The summed E-state index contributed by atoms with van der Waals surface area (Å²) < 4.78 is 0. The summed E-state index contributed by atoms with van der Waals surface area (Å²) in [5.41, 5.74) is 0. The van der Waals surface area contributed by atoms with Crippen molar-refractivity contribution in [3.63, 3.8) is 0 Å². The molecule has 0 aromatic carbocycles. The summed E-state index contributed by atoms with van der Waals surface area (Å²) in [7, 11) is 1.97. The van der Waals surface area contributed by atoms with Gasteiger partial charge in [0.2, 0.25) is 5.91 Å². The van der Waals surface area contributed by atoms with Crippen LogP contribution in [0.1, 0.15) is 39.5 Å². The number of aliphatic hydroxyl groups is 3. The van der Waals surface area contributed by atoms with E-state index in [1.165, 1.54) is 11.8 Å². The second kappa shape index (κ2) is 10.1. The van der Waals surface area contributed by atoms with Crippen molar-refractivity contribution in [3.05, 3.63) is 0 Å². The maximum atomic E-state index is 13.0. The van der Waals surface area contributed by atoms with Gasteiger partial charge in [0, 0.05) is 17.7 Å². The van der Waals surface area contributed by atoms with E-state index in [2.05, 4.69) is 17.1 Å². The number of aliphatic hydroxyl groups excluding tert-OH is 3. The molecule has 2 rings (SSSR count). The fraction of sp³-hybridized carbons (Fsp3) is 0.947. The average Bonchev–Trinajstić information content (AvgIpc) is 2.99. The predicted molar refractivity (Wildman–Crippen MR) is 110 cm³/mol. The Bertz CT molecular complexity index is 496. The van der Waals surface area contributed by atoms with Gasteiger partial charge in [0.25, 0.3) is 0 Å². The number of carbonyl (C=O) groups is 1. The van der Waals surface area contributed by atoms with Gasteiger partial charge in [-0.25, -0.2) is 0 Å². The smallest absolute Gasteiger partial charge is 0.237 e. The molecule has 0 radical (unpaired) electrons. The zero-order chi connectivity index (χ0) is 20.3. The zero-order valence-corrected chi connectivity index (χ0v) is 18.3. The fourth-order valence-corrected chi connectivity index (χ4v) is 5.77. The number of carbonyl (C=O) groups excluding carboxylic acids is 1. The van der Waals surface area contributed by atoms with E-state index >= 15 is 0 Å². The van der Waals surface area contributed by atoms with Crippen LogP contribution in [0.15, 0.2) is 0 Å². The number of halogens is 1. The minimum atomic E-state index is -1.24. The lowest BCUT2D eigenvalue weighted by Crippen LogP contribution is -2.61. The Morgan fingerprint density at radius 2 is 1.93 bits per heavy atom. The topological polar surface area (TPSA) is 93.0 Å². The Morgan fingerprint density at radius 1 is 1.26 bits per heavy atom. The molecule has 8 heteroatoms. The second-order valence-electron chi connectivity index (χ2n) is 8.20. The molecule has 6 nitrogen and oxygen atoms in total. The summed E-state index contributed by atoms with van der Waals surface area (Å²) in [5, 5.41) is 33.4. The first kappa shape index (κ1) is 23.2. The lowest BCUT2D eigenvalue weighted by Gasteiger charge is -2.44. The molecule has 0 spiro atoms.